The molecule has 1 N–H and O–H groups in total. The Kier molecular flexibility index (Phi) is 3.60. The molecule has 1 fully saturated rings. The van der Waals surface area contributed by atoms with Crippen molar-refractivity contribution in [2.45, 2.75) is 18.9 Å². The number of imide groups is 1. The van der Waals surface area contributed by atoms with Gasteiger partial charge in [-0.3, -0.25) is 4.79 Å². The van der Waals surface area contributed by atoms with Crippen molar-refractivity contribution >= 4 is 28.5 Å². The lowest BCUT2D eigenvalue weighted by atomic mass is 9.87. The topological polar surface area (TPSA) is 84.1 Å². The van der Waals surface area contributed by atoms with Crippen molar-refractivity contribution in [2.24, 2.45) is 0 Å². The molecule has 1 aromatic heterocycles. The maximum Gasteiger partial charge on any atom is 0.332 e. The van der Waals surface area contributed by atoms with Gasteiger partial charge in [-0.15, -0.1) is 0 Å². The predicted molar refractivity (Wildman–Crippen MR) is 113 cm³/mol. The first-order valence-electron chi connectivity index (χ1n) is 10.3. The van der Waals surface area contributed by atoms with Gasteiger partial charge in [0, 0.05) is 17.4 Å². The molecule has 3 aliphatic rings. The van der Waals surface area contributed by atoms with Gasteiger partial charge in [0.25, 0.3) is 5.91 Å². The van der Waals surface area contributed by atoms with E-state index in [0.717, 1.165) is 27.9 Å². The van der Waals surface area contributed by atoms with E-state index in [1.807, 2.05) is 25.1 Å². The fourth-order valence-corrected chi connectivity index (χ4v) is 4.99. The number of ether oxygens (including phenoxy) is 3. The molecule has 0 aliphatic carbocycles. The average Bonchev–Trinajstić information content (AvgIpc) is 3.26. The first kappa shape index (κ1) is 18.1. The summed E-state index contributed by atoms with van der Waals surface area (Å²) in [6.45, 7) is 3.06. The summed E-state index contributed by atoms with van der Waals surface area (Å²) in [6, 6.07) is 10.7. The van der Waals surface area contributed by atoms with Crippen molar-refractivity contribution in [3.8, 4) is 17.2 Å². The van der Waals surface area contributed by atoms with E-state index < -0.39 is 5.54 Å². The van der Waals surface area contributed by atoms with Gasteiger partial charge in [-0.05, 0) is 49.2 Å². The molecule has 3 aromatic rings. The van der Waals surface area contributed by atoms with Crippen LogP contribution >= 0.6 is 0 Å². The van der Waals surface area contributed by atoms with Crippen LogP contribution in [0.15, 0.2) is 36.4 Å². The van der Waals surface area contributed by atoms with Crippen LogP contribution in [0.5, 0.6) is 17.2 Å². The van der Waals surface area contributed by atoms with Gasteiger partial charge >= 0.3 is 6.03 Å². The smallest absolute Gasteiger partial charge is 0.332 e. The summed E-state index contributed by atoms with van der Waals surface area (Å²) in [4.78, 5) is 33.6. The standard InChI is InChI=1S/C23H21N3O5/c1-23-20-14(15-12-13(29-2)6-7-16(15)24-20)8-9-25(23)22(28)26(21(23)27)17-4-3-5-18-19(17)31-11-10-30-18/h3-7,12,24H,8-11H2,1-2H3/t23-/m1/s1. The number of rotatable bonds is 2. The minimum atomic E-state index is -1.13. The zero-order chi connectivity index (χ0) is 21.3. The fourth-order valence-electron chi connectivity index (χ4n) is 4.99. The fraction of sp³-hybridized carbons (Fsp3) is 0.304. The first-order chi connectivity index (χ1) is 15.0. The van der Waals surface area contributed by atoms with Crippen molar-refractivity contribution in [2.75, 3.05) is 31.8 Å². The zero-order valence-electron chi connectivity index (χ0n) is 17.2. The van der Waals surface area contributed by atoms with Crippen molar-refractivity contribution in [3.05, 3.63) is 47.7 Å². The number of hydrogen-bond acceptors (Lipinski definition) is 5. The normalized spacial score (nSPS) is 22.0. The van der Waals surface area contributed by atoms with Gasteiger partial charge in [0.2, 0.25) is 0 Å². The Hall–Kier alpha value is -3.68. The van der Waals surface area contributed by atoms with E-state index in [1.165, 1.54) is 4.90 Å². The van der Waals surface area contributed by atoms with E-state index in [0.29, 0.717) is 43.4 Å². The molecule has 2 aromatic carbocycles. The Labute approximate surface area is 178 Å². The molecular weight excluding hydrogens is 398 g/mol. The zero-order valence-corrected chi connectivity index (χ0v) is 17.2. The molecule has 0 unspecified atom stereocenters. The third-order valence-electron chi connectivity index (χ3n) is 6.55. The maximum atomic E-state index is 13.8. The van der Waals surface area contributed by atoms with Gasteiger partial charge in [0.15, 0.2) is 17.0 Å². The molecule has 1 atom stereocenters. The third-order valence-corrected chi connectivity index (χ3v) is 6.55. The molecule has 0 bridgehead atoms. The summed E-state index contributed by atoms with van der Waals surface area (Å²) in [5, 5.41) is 1.02. The number of urea groups is 1. The number of hydrogen-bond donors (Lipinski definition) is 1. The van der Waals surface area contributed by atoms with E-state index >= 15 is 0 Å². The van der Waals surface area contributed by atoms with Crippen LogP contribution in [0.1, 0.15) is 18.2 Å². The molecule has 3 aliphatic heterocycles. The number of carbonyl (C=O) groups is 2. The summed E-state index contributed by atoms with van der Waals surface area (Å²) in [5.41, 5.74) is 2.01. The largest absolute Gasteiger partial charge is 0.497 e. The van der Waals surface area contributed by atoms with E-state index in [9.17, 15) is 9.59 Å². The Morgan fingerprint density at radius 1 is 1.13 bits per heavy atom. The number of carbonyl (C=O) groups excluding carboxylic acids is 2. The van der Waals surface area contributed by atoms with Gasteiger partial charge < -0.3 is 24.1 Å². The number of fused-ring (bicyclic) bond motifs is 6. The van der Waals surface area contributed by atoms with Crippen LogP contribution in [0.3, 0.4) is 0 Å². The second kappa shape index (κ2) is 6.16. The number of amides is 3. The van der Waals surface area contributed by atoms with Crippen LogP contribution in [-0.4, -0.2) is 48.7 Å². The maximum absolute atomic E-state index is 13.8. The summed E-state index contributed by atoms with van der Waals surface area (Å²) in [5.74, 6) is 1.42. The first-order valence-corrected chi connectivity index (χ1v) is 10.3. The summed E-state index contributed by atoms with van der Waals surface area (Å²) in [6.07, 6.45) is 0.650. The number of aromatic nitrogens is 1. The van der Waals surface area contributed by atoms with E-state index in [-0.39, 0.29) is 11.9 Å². The predicted octanol–water partition coefficient (Wildman–Crippen LogP) is 3.19. The summed E-state index contributed by atoms with van der Waals surface area (Å²) < 4.78 is 16.8. The number of nitrogens with one attached hydrogen (secondary N) is 1. The van der Waals surface area contributed by atoms with Crippen LogP contribution in [-0.2, 0) is 16.8 Å². The lowest BCUT2D eigenvalue weighted by Gasteiger charge is -2.35. The minimum Gasteiger partial charge on any atom is -0.497 e. The number of H-pyrrole nitrogens is 1. The number of methoxy groups -OCH3 is 1. The second-order valence-electron chi connectivity index (χ2n) is 8.09. The van der Waals surface area contributed by atoms with Gasteiger partial charge in [0.1, 0.15) is 19.0 Å². The van der Waals surface area contributed by atoms with Gasteiger partial charge in [-0.2, -0.15) is 0 Å². The van der Waals surface area contributed by atoms with Crippen LogP contribution < -0.4 is 19.1 Å². The van der Waals surface area contributed by atoms with Crippen LogP contribution in [0, 0.1) is 0 Å². The highest BCUT2D eigenvalue weighted by Crippen LogP contribution is 2.48. The lowest BCUT2D eigenvalue weighted by Crippen LogP contribution is -2.49. The number of para-hydroxylation sites is 1. The SMILES string of the molecule is COc1ccc2[nH]c3c(c2c1)CCN1C(=O)N(c2cccc4c2OCCO4)C(=O)[C@@]31C. The quantitative estimate of drug-likeness (QED) is 0.645. The Bertz CT molecular complexity index is 1270. The number of benzene rings is 2. The van der Waals surface area contributed by atoms with E-state index in [2.05, 4.69) is 4.98 Å². The van der Waals surface area contributed by atoms with Gasteiger partial charge in [-0.1, -0.05) is 6.07 Å². The molecule has 8 heteroatoms. The van der Waals surface area contributed by atoms with Gasteiger partial charge in [-0.25, -0.2) is 9.69 Å². The highest BCUT2D eigenvalue weighted by atomic mass is 16.6. The van der Waals surface area contributed by atoms with Crippen LogP contribution in [0.25, 0.3) is 10.9 Å². The number of anilines is 1. The van der Waals surface area contributed by atoms with E-state index in [1.54, 1.807) is 30.2 Å². The van der Waals surface area contributed by atoms with E-state index in [4.69, 9.17) is 14.2 Å². The lowest BCUT2D eigenvalue weighted by molar-refractivity contribution is -0.125. The molecular formula is C23H21N3O5. The van der Waals surface area contributed by atoms with Crippen molar-refractivity contribution in [1.82, 2.24) is 9.88 Å². The molecule has 8 nitrogen and oxygen atoms in total. The Balaban J connectivity index is 1.51. The van der Waals surface area contributed by atoms with Crippen LogP contribution in [0.2, 0.25) is 0 Å². The molecule has 4 heterocycles. The minimum absolute atomic E-state index is 0.306. The summed E-state index contributed by atoms with van der Waals surface area (Å²) in [7, 11) is 1.63. The molecule has 0 spiro atoms. The molecule has 6 rings (SSSR count). The van der Waals surface area contributed by atoms with Crippen LogP contribution in [0.4, 0.5) is 10.5 Å². The summed E-state index contributed by atoms with van der Waals surface area (Å²) >= 11 is 0. The Morgan fingerprint density at radius 3 is 2.81 bits per heavy atom. The molecule has 0 radical (unpaired) electrons. The van der Waals surface area contributed by atoms with Gasteiger partial charge in [0.05, 0.1) is 18.5 Å². The molecule has 1 saturated heterocycles. The average molecular weight is 419 g/mol. The highest BCUT2D eigenvalue weighted by molar-refractivity contribution is 6.24. The van der Waals surface area contributed by atoms with Crippen molar-refractivity contribution in [1.29, 1.82) is 0 Å². The highest BCUT2D eigenvalue weighted by Gasteiger charge is 2.59. The molecule has 31 heavy (non-hydrogen) atoms. The Morgan fingerprint density at radius 2 is 1.97 bits per heavy atom. The van der Waals surface area contributed by atoms with Crippen molar-refractivity contribution in [3.63, 3.8) is 0 Å². The second-order valence-corrected chi connectivity index (χ2v) is 8.09. The molecule has 158 valence electrons. The monoisotopic (exact) mass is 419 g/mol. The number of nitrogens with zero attached hydrogens (tertiary/aromatic N) is 2. The molecule has 3 amide bonds. The van der Waals surface area contributed by atoms with Crippen molar-refractivity contribution < 1.29 is 23.8 Å². The number of aromatic amines is 1. The third kappa shape index (κ3) is 2.24. The molecule has 0 saturated carbocycles.